The van der Waals surface area contributed by atoms with Gasteiger partial charge in [0.25, 0.3) is 0 Å². The number of piperidine rings is 1. The minimum Gasteiger partial charge on any atom is -0.377 e. The fraction of sp³-hybridized carbons (Fsp3) is 0.938. The molecule has 1 atom stereocenters. The maximum absolute atomic E-state index is 5.41. The van der Waals surface area contributed by atoms with Crippen LogP contribution in [-0.4, -0.2) is 62.8 Å². The van der Waals surface area contributed by atoms with E-state index in [4.69, 9.17) is 4.74 Å². The van der Waals surface area contributed by atoms with Crippen LogP contribution < -0.4 is 10.6 Å². The van der Waals surface area contributed by atoms with Crippen molar-refractivity contribution in [2.24, 2.45) is 10.9 Å². The third kappa shape index (κ3) is 9.15. The number of aliphatic imine (C=N–C) groups is 1. The molecule has 132 valence electrons. The number of methoxy groups -OCH3 is 1. The molecular formula is C16H35IN4O. The Bertz CT molecular complexity index is 323. The molecule has 0 aliphatic carbocycles. The van der Waals surface area contributed by atoms with Gasteiger partial charge in [0, 0.05) is 33.3 Å². The Morgan fingerprint density at radius 2 is 2.09 bits per heavy atom. The van der Waals surface area contributed by atoms with Crippen molar-refractivity contribution in [1.29, 1.82) is 0 Å². The number of nitrogens with zero attached hydrogens (tertiary/aromatic N) is 2. The summed E-state index contributed by atoms with van der Waals surface area (Å²) in [6.45, 7) is 14.5. The summed E-state index contributed by atoms with van der Waals surface area (Å²) in [7, 11) is 1.73. The molecule has 0 aromatic carbocycles. The molecule has 2 N–H and O–H groups in total. The maximum Gasteiger partial charge on any atom is 0.191 e. The highest BCUT2D eigenvalue weighted by Crippen LogP contribution is 2.14. The molecule has 1 heterocycles. The molecule has 0 radical (unpaired) electrons. The molecule has 0 amide bonds. The molecule has 1 saturated heterocycles. The van der Waals surface area contributed by atoms with Crippen molar-refractivity contribution >= 4 is 29.9 Å². The predicted molar refractivity (Wildman–Crippen MR) is 105 cm³/mol. The molecule has 0 aromatic heterocycles. The van der Waals surface area contributed by atoms with Crippen molar-refractivity contribution in [3.8, 4) is 0 Å². The van der Waals surface area contributed by atoms with Gasteiger partial charge in [-0.1, -0.05) is 6.92 Å². The lowest BCUT2D eigenvalue weighted by molar-refractivity contribution is 0.0310. The number of halogens is 1. The van der Waals surface area contributed by atoms with Crippen LogP contribution >= 0.6 is 24.0 Å². The summed E-state index contributed by atoms with van der Waals surface area (Å²) in [6, 6.07) is 0. The lowest BCUT2D eigenvalue weighted by Gasteiger charge is -2.31. The van der Waals surface area contributed by atoms with Crippen LogP contribution in [-0.2, 0) is 4.74 Å². The first-order chi connectivity index (χ1) is 9.96. The number of hydrogen-bond acceptors (Lipinski definition) is 3. The molecule has 0 bridgehead atoms. The fourth-order valence-corrected chi connectivity index (χ4v) is 2.50. The summed E-state index contributed by atoms with van der Waals surface area (Å²) in [5.74, 6) is 1.72. The zero-order valence-electron chi connectivity index (χ0n) is 14.9. The number of guanidine groups is 1. The minimum absolute atomic E-state index is 0. The average Bonchev–Trinajstić information content (AvgIpc) is 2.45. The lowest BCUT2D eigenvalue weighted by Crippen LogP contribution is -2.44. The van der Waals surface area contributed by atoms with Gasteiger partial charge in [0.2, 0.25) is 0 Å². The molecule has 0 saturated carbocycles. The van der Waals surface area contributed by atoms with Crippen LogP contribution in [0.1, 0.15) is 40.5 Å². The van der Waals surface area contributed by atoms with Crippen LogP contribution in [0.5, 0.6) is 0 Å². The van der Waals surface area contributed by atoms with E-state index in [-0.39, 0.29) is 29.6 Å². The van der Waals surface area contributed by atoms with E-state index in [9.17, 15) is 0 Å². The van der Waals surface area contributed by atoms with Gasteiger partial charge >= 0.3 is 0 Å². The molecule has 1 aliphatic heterocycles. The molecule has 0 spiro atoms. The van der Waals surface area contributed by atoms with E-state index in [1.807, 2.05) is 0 Å². The van der Waals surface area contributed by atoms with Crippen molar-refractivity contribution in [1.82, 2.24) is 15.5 Å². The van der Waals surface area contributed by atoms with Gasteiger partial charge in [-0.05, 0) is 46.1 Å². The molecule has 5 nitrogen and oxygen atoms in total. The third-order valence-electron chi connectivity index (χ3n) is 3.98. The highest BCUT2D eigenvalue weighted by atomic mass is 127. The zero-order valence-corrected chi connectivity index (χ0v) is 17.3. The molecule has 0 aromatic rings. The predicted octanol–water partition coefficient (Wildman–Crippen LogP) is 2.32. The van der Waals surface area contributed by atoms with Crippen LogP contribution in [0.2, 0.25) is 0 Å². The largest absolute Gasteiger partial charge is 0.377 e. The Kier molecular flexibility index (Phi) is 11.4. The second-order valence-corrected chi connectivity index (χ2v) is 6.63. The van der Waals surface area contributed by atoms with Gasteiger partial charge in [-0.3, -0.25) is 4.99 Å². The summed E-state index contributed by atoms with van der Waals surface area (Å²) in [5, 5.41) is 6.71. The summed E-state index contributed by atoms with van der Waals surface area (Å²) in [4.78, 5) is 7.15. The number of ether oxygens (including phenoxy) is 1. The highest BCUT2D eigenvalue weighted by molar-refractivity contribution is 14.0. The van der Waals surface area contributed by atoms with E-state index in [1.54, 1.807) is 7.11 Å². The fourth-order valence-electron chi connectivity index (χ4n) is 2.50. The lowest BCUT2D eigenvalue weighted by atomic mass is 10.0. The monoisotopic (exact) mass is 426 g/mol. The van der Waals surface area contributed by atoms with E-state index < -0.39 is 0 Å². The molecule has 1 aliphatic rings. The van der Waals surface area contributed by atoms with E-state index in [1.165, 1.54) is 25.9 Å². The van der Waals surface area contributed by atoms with E-state index in [0.717, 1.165) is 31.5 Å². The summed E-state index contributed by atoms with van der Waals surface area (Å²) >= 11 is 0. The zero-order chi connectivity index (χ0) is 15.7. The van der Waals surface area contributed by atoms with Crippen molar-refractivity contribution < 1.29 is 4.74 Å². The van der Waals surface area contributed by atoms with Gasteiger partial charge in [-0.25, -0.2) is 0 Å². The van der Waals surface area contributed by atoms with Crippen LogP contribution in [0.25, 0.3) is 0 Å². The van der Waals surface area contributed by atoms with Crippen LogP contribution in [0.3, 0.4) is 0 Å². The van der Waals surface area contributed by atoms with E-state index in [0.29, 0.717) is 6.54 Å². The van der Waals surface area contributed by atoms with Crippen molar-refractivity contribution in [3.05, 3.63) is 0 Å². The van der Waals surface area contributed by atoms with Gasteiger partial charge in [0.15, 0.2) is 5.96 Å². The van der Waals surface area contributed by atoms with Gasteiger partial charge in [0.1, 0.15) is 0 Å². The molecule has 6 heteroatoms. The topological polar surface area (TPSA) is 48.9 Å². The van der Waals surface area contributed by atoms with Gasteiger partial charge in [-0.15, -0.1) is 24.0 Å². The summed E-state index contributed by atoms with van der Waals surface area (Å²) < 4.78 is 5.41. The summed E-state index contributed by atoms with van der Waals surface area (Å²) in [5.41, 5.74) is -0.218. The normalized spacial score (nSPS) is 20.4. The average molecular weight is 426 g/mol. The first kappa shape index (κ1) is 21.9. The Labute approximate surface area is 153 Å². The Hall–Kier alpha value is -0.0800. The summed E-state index contributed by atoms with van der Waals surface area (Å²) in [6.07, 6.45) is 2.71. The smallest absolute Gasteiger partial charge is 0.191 e. The Morgan fingerprint density at radius 1 is 1.36 bits per heavy atom. The van der Waals surface area contributed by atoms with E-state index in [2.05, 4.69) is 48.2 Å². The van der Waals surface area contributed by atoms with Crippen LogP contribution in [0.4, 0.5) is 0 Å². The van der Waals surface area contributed by atoms with Crippen molar-refractivity contribution in [3.63, 3.8) is 0 Å². The van der Waals surface area contributed by atoms with Crippen LogP contribution in [0.15, 0.2) is 4.99 Å². The second-order valence-electron chi connectivity index (χ2n) is 6.63. The number of rotatable bonds is 7. The third-order valence-corrected chi connectivity index (χ3v) is 3.98. The Balaban J connectivity index is 0.00000441. The van der Waals surface area contributed by atoms with E-state index >= 15 is 0 Å². The number of hydrogen-bond donors (Lipinski definition) is 2. The molecule has 1 unspecified atom stereocenters. The number of nitrogens with one attached hydrogen (secondary N) is 2. The highest BCUT2D eigenvalue weighted by Gasteiger charge is 2.17. The van der Waals surface area contributed by atoms with Gasteiger partial charge in [-0.2, -0.15) is 0 Å². The number of likely N-dealkylation sites (tertiary alicyclic amines) is 1. The van der Waals surface area contributed by atoms with Crippen molar-refractivity contribution in [2.45, 2.75) is 46.1 Å². The second kappa shape index (κ2) is 11.5. The first-order valence-corrected chi connectivity index (χ1v) is 8.26. The van der Waals surface area contributed by atoms with Crippen LogP contribution in [0, 0.1) is 5.92 Å². The molecular weight excluding hydrogens is 391 g/mol. The molecule has 1 rings (SSSR count). The van der Waals surface area contributed by atoms with Gasteiger partial charge < -0.3 is 20.3 Å². The van der Waals surface area contributed by atoms with Gasteiger partial charge in [0.05, 0.1) is 12.1 Å². The van der Waals surface area contributed by atoms with Crippen molar-refractivity contribution in [2.75, 3.05) is 46.4 Å². The quantitative estimate of drug-likeness (QED) is 0.373. The molecule has 1 fully saturated rings. The Morgan fingerprint density at radius 3 is 2.68 bits per heavy atom. The minimum atomic E-state index is -0.218. The molecule has 22 heavy (non-hydrogen) atoms. The maximum atomic E-state index is 5.41. The standard InChI is InChI=1S/C16H34N4O.HI/c1-6-17-15(19-13-16(3,4)21-5)18-9-11-20-10-7-8-14(2)12-20;/h14H,6-13H2,1-5H3,(H2,17,18,19);1H. The first-order valence-electron chi connectivity index (χ1n) is 8.26. The SMILES string of the molecule is CCNC(=NCC(C)(C)OC)NCCN1CCCC(C)C1.I.